The Balaban J connectivity index is 1.33. The van der Waals surface area contributed by atoms with Crippen LogP contribution in [-0.2, 0) is 0 Å². The lowest BCUT2D eigenvalue weighted by molar-refractivity contribution is 0.363. The molecule has 6 aromatic rings. The van der Waals surface area contributed by atoms with E-state index in [1.165, 1.54) is 15.9 Å². The molecule has 9 heteroatoms. The number of hydrogen-bond donors (Lipinski definition) is 0. The van der Waals surface area contributed by atoms with Crippen molar-refractivity contribution in [2.75, 3.05) is 6.61 Å². The first-order chi connectivity index (χ1) is 19.6. The fraction of sp³-hybridized carbons (Fsp3) is 0.0323. The summed E-state index contributed by atoms with van der Waals surface area (Å²) in [5.41, 5.74) is 4.08. The molecule has 7 nitrogen and oxygen atoms in total. The van der Waals surface area contributed by atoms with Crippen molar-refractivity contribution in [3.8, 4) is 22.7 Å². The molecule has 0 bridgehead atoms. The van der Waals surface area contributed by atoms with Crippen LogP contribution in [0, 0.1) is 0 Å². The van der Waals surface area contributed by atoms with E-state index in [0.29, 0.717) is 26.9 Å². The molecule has 0 aliphatic heterocycles. The van der Waals surface area contributed by atoms with Gasteiger partial charge in [0.05, 0.1) is 10.2 Å². The molecule has 6 rings (SSSR count). The summed E-state index contributed by atoms with van der Waals surface area (Å²) in [5.74, 6) is 1.23. The molecule has 0 atom stereocenters. The summed E-state index contributed by atoms with van der Waals surface area (Å²) >= 11 is 7.40. The Morgan fingerprint density at radius 2 is 1.73 bits per heavy atom. The minimum absolute atomic E-state index is 0.231. The third-order valence-electron chi connectivity index (χ3n) is 6.04. The van der Waals surface area contributed by atoms with Gasteiger partial charge < -0.3 is 4.74 Å². The maximum Gasteiger partial charge on any atom is 0.291 e. The molecule has 3 aromatic heterocycles. The summed E-state index contributed by atoms with van der Waals surface area (Å²) < 4.78 is 9.17. The van der Waals surface area contributed by atoms with Crippen molar-refractivity contribution in [3.05, 3.63) is 135 Å². The summed E-state index contributed by atoms with van der Waals surface area (Å²) in [7, 11) is 0. The quantitative estimate of drug-likeness (QED) is 0.214. The largest absolute Gasteiger partial charge is 0.490 e. The van der Waals surface area contributed by atoms with Crippen molar-refractivity contribution in [2.24, 2.45) is 0 Å². The molecule has 0 N–H and O–H groups in total. The molecule has 0 unspecified atom stereocenters. The third-order valence-corrected chi connectivity index (χ3v) is 7.25. The molecule has 0 radical (unpaired) electrons. The Kier molecular flexibility index (Phi) is 7.09. The van der Waals surface area contributed by atoms with Crippen LogP contribution < -0.4 is 14.8 Å². The number of benzene rings is 3. The van der Waals surface area contributed by atoms with Gasteiger partial charge in [-0.3, -0.25) is 4.79 Å². The second kappa shape index (κ2) is 11.1. The molecular formula is C31H22ClN5O2S. The standard InChI is InChI=1S/C31H22ClN5O2S/c1-2-18-39-26-15-8-21(9-16-26)10-17-28-33-31-37(34-28)30(38)27(40-31)19-23-20-36(25-6-4-3-5-7-25)35-29(23)22-11-13-24(32)14-12-22/h2-17,19-20H,1,18H2/b17-10+,27-19-. The fourth-order valence-electron chi connectivity index (χ4n) is 4.10. The van der Waals surface area contributed by atoms with Crippen LogP contribution in [0.5, 0.6) is 5.75 Å². The van der Waals surface area contributed by atoms with E-state index in [9.17, 15) is 4.79 Å². The number of aromatic nitrogens is 5. The molecule has 0 amide bonds. The van der Waals surface area contributed by atoms with E-state index in [4.69, 9.17) is 21.4 Å². The van der Waals surface area contributed by atoms with E-state index >= 15 is 0 Å². The van der Waals surface area contributed by atoms with Crippen LogP contribution in [0.2, 0.25) is 5.02 Å². The Bertz CT molecular complexity index is 1940. The van der Waals surface area contributed by atoms with E-state index in [-0.39, 0.29) is 5.56 Å². The average Bonchev–Trinajstić information content (AvgIpc) is 3.67. The number of fused-ring (bicyclic) bond motifs is 1. The van der Waals surface area contributed by atoms with Crippen LogP contribution in [0.4, 0.5) is 0 Å². The Morgan fingerprint density at radius 3 is 2.45 bits per heavy atom. The van der Waals surface area contributed by atoms with Gasteiger partial charge in [-0.15, -0.1) is 5.10 Å². The lowest BCUT2D eigenvalue weighted by Gasteiger charge is -2.02. The molecule has 0 spiro atoms. The highest BCUT2D eigenvalue weighted by molar-refractivity contribution is 7.15. The number of nitrogens with zero attached hydrogens (tertiary/aromatic N) is 5. The van der Waals surface area contributed by atoms with Gasteiger partial charge in [-0.1, -0.05) is 84.1 Å². The van der Waals surface area contributed by atoms with Crippen molar-refractivity contribution in [1.82, 2.24) is 24.4 Å². The molecular weight excluding hydrogens is 542 g/mol. The van der Waals surface area contributed by atoms with Crippen LogP contribution in [0.1, 0.15) is 17.0 Å². The minimum Gasteiger partial charge on any atom is -0.490 e. The normalized spacial score (nSPS) is 12.0. The van der Waals surface area contributed by atoms with E-state index in [1.54, 1.807) is 16.8 Å². The van der Waals surface area contributed by atoms with Gasteiger partial charge in [-0.2, -0.15) is 14.6 Å². The van der Waals surface area contributed by atoms with Crippen molar-refractivity contribution in [1.29, 1.82) is 0 Å². The van der Waals surface area contributed by atoms with Gasteiger partial charge in [-0.25, -0.2) is 4.68 Å². The van der Waals surface area contributed by atoms with Crippen LogP contribution in [-0.4, -0.2) is 31.0 Å². The van der Waals surface area contributed by atoms with Gasteiger partial charge in [0.2, 0.25) is 4.96 Å². The number of halogens is 1. The van der Waals surface area contributed by atoms with Crippen molar-refractivity contribution in [3.63, 3.8) is 0 Å². The van der Waals surface area contributed by atoms with Gasteiger partial charge in [0.1, 0.15) is 18.1 Å². The van der Waals surface area contributed by atoms with Gasteiger partial charge in [0, 0.05) is 22.3 Å². The zero-order valence-corrected chi connectivity index (χ0v) is 22.7. The zero-order chi connectivity index (χ0) is 27.5. The van der Waals surface area contributed by atoms with Crippen LogP contribution >= 0.6 is 22.9 Å². The molecule has 0 fully saturated rings. The van der Waals surface area contributed by atoms with E-state index in [1.807, 2.05) is 97.2 Å². The van der Waals surface area contributed by atoms with Gasteiger partial charge in [0.15, 0.2) is 5.82 Å². The lowest BCUT2D eigenvalue weighted by atomic mass is 10.1. The van der Waals surface area contributed by atoms with E-state index < -0.39 is 0 Å². The number of ether oxygens (including phenoxy) is 1. The lowest BCUT2D eigenvalue weighted by Crippen LogP contribution is -2.23. The highest BCUT2D eigenvalue weighted by atomic mass is 35.5. The number of hydrogen-bond acceptors (Lipinski definition) is 6. The molecule has 0 aliphatic rings. The summed E-state index contributed by atoms with van der Waals surface area (Å²) in [6.07, 6.45) is 9.13. The second-order valence-corrected chi connectivity index (χ2v) is 10.2. The summed E-state index contributed by atoms with van der Waals surface area (Å²) in [6.45, 7) is 4.11. The molecule has 0 saturated heterocycles. The van der Waals surface area contributed by atoms with Crippen molar-refractivity contribution >= 4 is 46.1 Å². The van der Waals surface area contributed by atoms with Gasteiger partial charge in [-0.05, 0) is 54.1 Å². The minimum atomic E-state index is -0.231. The molecule has 3 heterocycles. The Hall–Kier alpha value is -4.79. The summed E-state index contributed by atoms with van der Waals surface area (Å²) in [4.78, 5) is 18.3. The van der Waals surface area contributed by atoms with E-state index in [2.05, 4.69) is 16.7 Å². The second-order valence-electron chi connectivity index (χ2n) is 8.80. The van der Waals surface area contributed by atoms with Crippen molar-refractivity contribution in [2.45, 2.75) is 0 Å². The Morgan fingerprint density at radius 1 is 0.950 bits per heavy atom. The predicted octanol–water partition coefficient (Wildman–Crippen LogP) is 5.94. The first-order valence-electron chi connectivity index (χ1n) is 12.4. The molecule has 3 aromatic carbocycles. The zero-order valence-electron chi connectivity index (χ0n) is 21.1. The smallest absolute Gasteiger partial charge is 0.291 e. The first-order valence-corrected chi connectivity index (χ1v) is 13.6. The highest BCUT2D eigenvalue weighted by Crippen LogP contribution is 2.26. The van der Waals surface area contributed by atoms with Crippen LogP contribution in [0.3, 0.4) is 0 Å². The number of rotatable bonds is 8. The molecule has 0 saturated carbocycles. The molecule has 40 heavy (non-hydrogen) atoms. The average molecular weight is 564 g/mol. The highest BCUT2D eigenvalue weighted by Gasteiger charge is 2.14. The SMILES string of the molecule is C=CCOc1ccc(/C=C/c2nc3s/c(=C\c4cn(-c5ccccc5)nc4-c4ccc(Cl)cc4)c(=O)n3n2)cc1. The van der Waals surface area contributed by atoms with Gasteiger partial charge >= 0.3 is 0 Å². The Labute approximate surface area is 238 Å². The fourth-order valence-corrected chi connectivity index (χ4v) is 5.13. The molecule has 0 aliphatic carbocycles. The van der Waals surface area contributed by atoms with Gasteiger partial charge in [0.25, 0.3) is 5.56 Å². The van der Waals surface area contributed by atoms with E-state index in [0.717, 1.165) is 33.8 Å². The maximum absolute atomic E-state index is 13.3. The van der Waals surface area contributed by atoms with Crippen molar-refractivity contribution < 1.29 is 4.74 Å². The monoisotopic (exact) mass is 563 g/mol. The molecule has 196 valence electrons. The predicted molar refractivity (Wildman–Crippen MR) is 161 cm³/mol. The number of thiazole rings is 1. The third kappa shape index (κ3) is 5.36. The number of para-hydroxylation sites is 1. The topological polar surface area (TPSA) is 74.3 Å². The first kappa shape index (κ1) is 25.5. The van der Waals surface area contributed by atoms with Crippen LogP contribution in [0.15, 0.2) is 103 Å². The summed E-state index contributed by atoms with van der Waals surface area (Å²) in [6, 6.07) is 25.0. The van der Waals surface area contributed by atoms with Crippen LogP contribution in [0.25, 0.3) is 40.1 Å². The summed E-state index contributed by atoms with van der Waals surface area (Å²) in [5, 5.41) is 9.88. The maximum atomic E-state index is 13.3.